The molecule has 1 aromatic heterocycles. The third kappa shape index (κ3) is 5.69. The summed E-state index contributed by atoms with van der Waals surface area (Å²) in [4.78, 5) is 28.3. The van der Waals surface area contributed by atoms with Crippen molar-refractivity contribution in [3.05, 3.63) is 16.6 Å². The summed E-state index contributed by atoms with van der Waals surface area (Å²) in [5, 5.41) is 14.2. The van der Waals surface area contributed by atoms with Gasteiger partial charge in [-0.1, -0.05) is 13.3 Å². The minimum absolute atomic E-state index is 0.0509. The van der Waals surface area contributed by atoms with Crippen LogP contribution in [0.25, 0.3) is 0 Å². The molecule has 7 heteroatoms. The summed E-state index contributed by atoms with van der Waals surface area (Å²) in [5.41, 5.74) is 0. The highest BCUT2D eigenvalue weighted by atomic mass is 32.1. The van der Waals surface area contributed by atoms with Crippen molar-refractivity contribution < 1.29 is 14.7 Å². The summed E-state index contributed by atoms with van der Waals surface area (Å²) >= 11 is 1.48. The van der Waals surface area contributed by atoms with Crippen molar-refractivity contribution in [2.24, 2.45) is 0 Å². The molecule has 0 saturated carbocycles. The van der Waals surface area contributed by atoms with E-state index >= 15 is 0 Å². The van der Waals surface area contributed by atoms with Crippen LogP contribution in [0.15, 0.2) is 11.6 Å². The molecule has 0 aliphatic rings. The summed E-state index contributed by atoms with van der Waals surface area (Å²) in [6.45, 7) is 2.38. The van der Waals surface area contributed by atoms with Gasteiger partial charge in [-0.2, -0.15) is 0 Å². The number of hydrogen-bond donors (Lipinski definition) is 2. The summed E-state index contributed by atoms with van der Waals surface area (Å²) in [5.74, 6) is -0.902. The van der Waals surface area contributed by atoms with E-state index in [0.29, 0.717) is 13.0 Å². The Kier molecular flexibility index (Phi) is 6.27. The zero-order valence-corrected chi connectivity index (χ0v) is 11.9. The van der Waals surface area contributed by atoms with Crippen molar-refractivity contribution in [2.75, 3.05) is 7.05 Å². The summed E-state index contributed by atoms with van der Waals surface area (Å²) < 4.78 is 0. The number of nitrogens with one attached hydrogen (secondary N) is 1. The van der Waals surface area contributed by atoms with Crippen LogP contribution in [0, 0.1) is 0 Å². The van der Waals surface area contributed by atoms with Crippen LogP contribution >= 0.6 is 11.3 Å². The quantitative estimate of drug-likeness (QED) is 0.802. The summed E-state index contributed by atoms with van der Waals surface area (Å²) in [6.07, 6.45) is 3.12. The van der Waals surface area contributed by atoms with E-state index in [0.717, 1.165) is 11.4 Å². The lowest BCUT2D eigenvalue weighted by Crippen LogP contribution is -2.43. The Labute approximate surface area is 116 Å². The predicted molar refractivity (Wildman–Crippen MR) is 73.1 cm³/mol. The van der Waals surface area contributed by atoms with Crippen LogP contribution in [-0.2, 0) is 11.3 Å². The SMILES string of the molecule is CCC[C@H](CC(=O)O)NC(=O)N(C)Cc1nccs1. The van der Waals surface area contributed by atoms with E-state index in [1.54, 1.807) is 13.2 Å². The van der Waals surface area contributed by atoms with E-state index in [1.165, 1.54) is 16.2 Å². The number of carbonyl (C=O) groups is 2. The first kappa shape index (κ1) is 15.4. The molecule has 1 aromatic rings. The van der Waals surface area contributed by atoms with Crippen LogP contribution in [0.5, 0.6) is 0 Å². The van der Waals surface area contributed by atoms with Gasteiger partial charge in [0.05, 0.1) is 13.0 Å². The normalized spacial score (nSPS) is 11.9. The molecule has 0 aliphatic heterocycles. The van der Waals surface area contributed by atoms with Crippen LogP contribution < -0.4 is 5.32 Å². The third-order valence-electron chi connectivity index (χ3n) is 2.59. The van der Waals surface area contributed by atoms with Gasteiger partial charge in [0, 0.05) is 24.7 Å². The fraction of sp³-hybridized carbons (Fsp3) is 0.583. The molecule has 1 atom stereocenters. The van der Waals surface area contributed by atoms with Crippen molar-refractivity contribution >= 4 is 23.3 Å². The maximum absolute atomic E-state index is 11.9. The predicted octanol–water partition coefficient (Wildman–Crippen LogP) is 1.93. The molecule has 106 valence electrons. The molecule has 2 N–H and O–H groups in total. The topological polar surface area (TPSA) is 82.5 Å². The molecular formula is C12H19N3O3S. The molecule has 0 radical (unpaired) electrons. The second-order valence-corrected chi connectivity index (χ2v) is 5.29. The average molecular weight is 285 g/mol. The van der Waals surface area contributed by atoms with E-state index in [9.17, 15) is 9.59 Å². The second kappa shape index (κ2) is 7.73. The molecule has 1 heterocycles. The molecule has 0 saturated heterocycles. The number of urea groups is 1. The number of nitrogens with zero attached hydrogens (tertiary/aromatic N) is 2. The zero-order chi connectivity index (χ0) is 14.3. The Morgan fingerprint density at radius 2 is 2.32 bits per heavy atom. The molecule has 1 rings (SSSR count). The highest BCUT2D eigenvalue weighted by Crippen LogP contribution is 2.08. The Bertz CT molecular complexity index is 408. The van der Waals surface area contributed by atoms with Gasteiger partial charge in [0.15, 0.2) is 0 Å². The lowest BCUT2D eigenvalue weighted by Gasteiger charge is -2.21. The first-order valence-electron chi connectivity index (χ1n) is 6.14. The second-order valence-electron chi connectivity index (χ2n) is 4.31. The Morgan fingerprint density at radius 3 is 2.84 bits per heavy atom. The number of aliphatic carboxylic acids is 1. The third-order valence-corrected chi connectivity index (χ3v) is 3.35. The van der Waals surface area contributed by atoms with E-state index in [-0.39, 0.29) is 18.5 Å². The van der Waals surface area contributed by atoms with Crippen LogP contribution in [0.4, 0.5) is 4.79 Å². The Morgan fingerprint density at radius 1 is 1.58 bits per heavy atom. The number of carboxylic acid groups (broad SMARTS) is 1. The van der Waals surface area contributed by atoms with Gasteiger partial charge in [-0.25, -0.2) is 9.78 Å². The molecule has 6 nitrogen and oxygen atoms in total. The molecule has 0 aromatic carbocycles. The van der Waals surface area contributed by atoms with E-state index in [1.807, 2.05) is 12.3 Å². The van der Waals surface area contributed by atoms with Gasteiger partial charge in [0.25, 0.3) is 0 Å². The van der Waals surface area contributed by atoms with Gasteiger partial charge in [-0.15, -0.1) is 11.3 Å². The highest BCUT2D eigenvalue weighted by Gasteiger charge is 2.18. The minimum Gasteiger partial charge on any atom is -0.481 e. The van der Waals surface area contributed by atoms with Crippen molar-refractivity contribution in [1.29, 1.82) is 0 Å². The molecule has 0 aliphatic carbocycles. The summed E-state index contributed by atoms with van der Waals surface area (Å²) in [7, 11) is 1.67. The minimum atomic E-state index is -0.902. The molecular weight excluding hydrogens is 266 g/mol. The fourth-order valence-corrected chi connectivity index (χ4v) is 2.34. The average Bonchev–Trinajstić information content (AvgIpc) is 2.81. The first-order chi connectivity index (χ1) is 9.02. The lowest BCUT2D eigenvalue weighted by molar-refractivity contribution is -0.137. The monoisotopic (exact) mass is 285 g/mol. The number of thiazole rings is 1. The highest BCUT2D eigenvalue weighted by molar-refractivity contribution is 7.09. The standard InChI is InChI=1S/C12H19N3O3S/c1-3-4-9(7-11(16)17)14-12(18)15(2)8-10-13-5-6-19-10/h5-6,9H,3-4,7-8H2,1-2H3,(H,14,18)(H,16,17)/t9-/m1/s1. The first-order valence-corrected chi connectivity index (χ1v) is 7.02. The van der Waals surface area contributed by atoms with Gasteiger partial charge >= 0.3 is 12.0 Å². The smallest absolute Gasteiger partial charge is 0.317 e. The van der Waals surface area contributed by atoms with Gasteiger partial charge in [-0.3, -0.25) is 4.79 Å². The van der Waals surface area contributed by atoms with Crippen molar-refractivity contribution in [2.45, 2.75) is 38.8 Å². The van der Waals surface area contributed by atoms with Gasteiger partial charge in [0.2, 0.25) is 0 Å². The summed E-state index contributed by atoms with van der Waals surface area (Å²) in [6, 6.07) is -0.594. The van der Waals surface area contributed by atoms with E-state index in [4.69, 9.17) is 5.11 Å². The van der Waals surface area contributed by atoms with Gasteiger partial charge in [-0.05, 0) is 6.42 Å². The number of hydrogen-bond acceptors (Lipinski definition) is 4. The molecule has 0 bridgehead atoms. The number of carbonyl (C=O) groups excluding carboxylic acids is 1. The van der Waals surface area contributed by atoms with Crippen LogP contribution in [0.3, 0.4) is 0 Å². The Balaban J connectivity index is 2.48. The molecule has 2 amide bonds. The maximum Gasteiger partial charge on any atom is 0.317 e. The number of carboxylic acids is 1. The maximum atomic E-state index is 11.9. The van der Waals surface area contributed by atoms with E-state index in [2.05, 4.69) is 10.3 Å². The number of aromatic nitrogens is 1. The Hall–Kier alpha value is -1.63. The zero-order valence-electron chi connectivity index (χ0n) is 11.1. The van der Waals surface area contributed by atoms with Crippen LogP contribution in [-0.4, -0.2) is 40.1 Å². The number of rotatable bonds is 7. The van der Waals surface area contributed by atoms with Gasteiger partial charge < -0.3 is 15.3 Å². The molecule has 0 unspecified atom stereocenters. The fourth-order valence-electron chi connectivity index (χ4n) is 1.68. The van der Waals surface area contributed by atoms with Crippen molar-refractivity contribution in [3.63, 3.8) is 0 Å². The lowest BCUT2D eigenvalue weighted by atomic mass is 10.1. The van der Waals surface area contributed by atoms with E-state index < -0.39 is 5.97 Å². The number of amides is 2. The largest absolute Gasteiger partial charge is 0.481 e. The van der Waals surface area contributed by atoms with Crippen molar-refractivity contribution in [3.8, 4) is 0 Å². The van der Waals surface area contributed by atoms with Gasteiger partial charge in [0.1, 0.15) is 5.01 Å². The molecule has 0 fully saturated rings. The van der Waals surface area contributed by atoms with Crippen molar-refractivity contribution in [1.82, 2.24) is 15.2 Å². The molecule has 19 heavy (non-hydrogen) atoms. The van der Waals surface area contributed by atoms with Crippen LogP contribution in [0.1, 0.15) is 31.2 Å². The molecule has 0 spiro atoms. The van der Waals surface area contributed by atoms with Crippen LogP contribution in [0.2, 0.25) is 0 Å².